The smallest absolute Gasteiger partial charge is 0.0757 e. The Bertz CT molecular complexity index is 114. The lowest BCUT2D eigenvalue weighted by molar-refractivity contribution is 0.223. The fourth-order valence-corrected chi connectivity index (χ4v) is 0.647. The summed E-state index contributed by atoms with van der Waals surface area (Å²) >= 11 is 0. The molecule has 1 unspecified atom stereocenters. The van der Waals surface area contributed by atoms with Gasteiger partial charge in [-0.1, -0.05) is 17.7 Å². The highest BCUT2D eigenvalue weighted by Crippen LogP contribution is 2.01. The third-order valence-electron chi connectivity index (χ3n) is 0.972. The molecule has 0 aromatic heterocycles. The average molecular weight is 126 g/mol. The maximum Gasteiger partial charge on any atom is 0.0757 e. The largest absolute Gasteiger partial charge is 0.389 e. The van der Waals surface area contributed by atoms with Gasteiger partial charge in [-0.3, -0.25) is 0 Å². The Hall–Kier alpha value is -0.560. The first-order valence-corrected chi connectivity index (χ1v) is 3.12. The molecule has 0 aromatic rings. The van der Waals surface area contributed by atoms with Crippen molar-refractivity contribution in [3.05, 3.63) is 24.3 Å². The van der Waals surface area contributed by atoms with Crippen LogP contribution >= 0.6 is 0 Å². The van der Waals surface area contributed by atoms with E-state index in [-0.39, 0.29) is 6.10 Å². The summed E-state index contributed by atoms with van der Waals surface area (Å²) in [6.07, 6.45) is 3.93. The average Bonchev–Trinajstić information content (AvgIpc) is 1.63. The highest BCUT2D eigenvalue weighted by atomic mass is 16.3. The normalized spacial score (nSPS) is 14.1. The van der Waals surface area contributed by atoms with Gasteiger partial charge in [0.15, 0.2) is 0 Å². The van der Waals surface area contributed by atoms with Crippen LogP contribution in [0.4, 0.5) is 0 Å². The molecule has 0 aromatic carbocycles. The SMILES string of the molecule is C=C(C)CC(O)/C=C/C. The molecule has 52 valence electrons. The second-order valence-electron chi connectivity index (χ2n) is 2.25. The number of aliphatic hydroxyl groups excluding tert-OH is 1. The quantitative estimate of drug-likeness (QED) is 0.572. The Kier molecular flexibility index (Phi) is 4.06. The number of allylic oxidation sites excluding steroid dienone is 1. The highest BCUT2D eigenvalue weighted by Gasteiger charge is 1.95. The molecule has 1 heteroatoms. The van der Waals surface area contributed by atoms with E-state index in [0.717, 1.165) is 5.57 Å². The Morgan fingerprint density at radius 2 is 2.33 bits per heavy atom. The molecule has 0 amide bonds. The molecule has 0 bridgehead atoms. The number of hydrogen-bond acceptors (Lipinski definition) is 1. The van der Waals surface area contributed by atoms with Crippen molar-refractivity contribution in [3.8, 4) is 0 Å². The molecule has 0 aliphatic rings. The van der Waals surface area contributed by atoms with Crippen molar-refractivity contribution in [3.63, 3.8) is 0 Å². The molecule has 0 radical (unpaired) electrons. The molecule has 9 heavy (non-hydrogen) atoms. The molecule has 1 N–H and O–H groups in total. The maximum atomic E-state index is 9.07. The van der Waals surface area contributed by atoms with Gasteiger partial charge in [-0.15, -0.1) is 6.58 Å². The minimum Gasteiger partial charge on any atom is -0.389 e. The summed E-state index contributed by atoms with van der Waals surface area (Å²) in [5, 5.41) is 9.07. The summed E-state index contributed by atoms with van der Waals surface area (Å²) in [5.74, 6) is 0. The van der Waals surface area contributed by atoms with E-state index in [9.17, 15) is 0 Å². The van der Waals surface area contributed by atoms with Crippen molar-refractivity contribution in [2.75, 3.05) is 0 Å². The second-order valence-corrected chi connectivity index (χ2v) is 2.25. The van der Waals surface area contributed by atoms with Gasteiger partial charge in [0.2, 0.25) is 0 Å². The molecule has 0 heterocycles. The Labute approximate surface area is 56.7 Å². The van der Waals surface area contributed by atoms with Gasteiger partial charge in [-0.2, -0.15) is 0 Å². The van der Waals surface area contributed by atoms with Crippen molar-refractivity contribution in [1.82, 2.24) is 0 Å². The van der Waals surface area contributed by atoms with Crippen molar-refractivity contribution in [2.45, 2.75) is 26.4 Å². The van der Waals surface area contributed by atoms with E-state index >= 15 is 0 Å². The molecule has 1 atom stereocenters. The van der Waals surface area contributed by atoms with Crippen molar-refractivity contribution in [2.24, 2.45) is 0 Å². The Morgan fingerprint density at radius 1 is 1.78 bits per heavy atom. The molecule has 0 fully saturated rings. The predicted molar refractivity (Wildman–Crippen MR) is 40.3 cm³/mol. The minimum absolute atomic E-state index is 0.340. The standard InChI is InChI=1S/C8H14O/c1-4-5-8(9)6-7(2)3/h4-5,8-9H,2,6H2,1,3H3/b5-4+. The van der Waals surface area contributed by atoms with E-state index in [4.69, 9.17) is 5.11 Å². The first-order chi connectivity index (χ1) is 4.16. The van der Waals surface area contributed by atoms with E-state index in [2.05, 4.69) is 6.58 Å². The van der Waals surface area contributed by atoms with E-state index in [0.29, 0.717) is 6.42 Å². The van der Waals surface area contributed by atoms with E-state index in [1.54, 1.807) is 6.08 Å². The zero-order chi connectivity index (χ0) is 7.28. The van der Waals surface area contributed by atoms with Crippen LogP contribution in [0.5, 0.6) is 0 Å². The molecule has 0 aliphatic heterocycles. The summed E-state index contributed by atoms with van der Waals surface area (Å²) in [5.41, 5.74) is 1.01. The summed E-state index contributed by atoms with van der Waals surface area (Å²) in [7, 11) is 0. The molecule has 1 nitrogen and oxygen atoms in total. The lowest BCUT2D eigenvalue weighted by Crippen LogP contribution is -2.00. The van der Waals surface area contributed by atoms with Gasteiger partial charge in [-0.05, 0) is 20.3 Å². The lowest BCUT2D eigenvalue weighted by atomic mass is 10.1. The van der Waals surface area contributed by atoms with Crippen LogP contribution < -0.4 is 0 Å². The zero-order valence-corrected chi connectivity index (χ0v) is 6.09. The van der Waals surface area contributed by atoms with Crippen LogP contribution in [-0.4, -0.2) is 11.2 Å². The highest BCUT2D eigenvalue weighted by molar-refractivity contribution is 4.97. The van der Waals surface area contributed by atoms with Crippen LogP contribution in [0.15, 0.2) is 24.3 Å². The molecular weight excluding hydrogens is 112 g/mol. The topological polar surface area (TPSA) is 20.2 Å². The van der Waals surface area contributed by atoms with Gasteiger partial charge >= 0.3 is 0 Å². The third kappa shape index (κ3) is 5.31. The van der Waals surface area contributed by atoms with Crippen LogP contribution in [0.3, 0.4) is 0 Å². The Balaban J connectivity index is 3.50. The van der Waals surface area contributed by atoms with E-state index < -0.39 is 0 Å². The van der Waals surface area contributed by atoms with Gasteiger partial charge in [0, 0.05) is 0 Å². The van der Waals surface area contributed by atoms with Crippen LogP contribution in [-0.2, 0) is 0 Å². The first-order valence-electron chi connectivity index (χ1n) is 3.12. The van der Waals surface area contributed by atoms with E-state index in [1.807, 2.05) is 19.9 Å². The van der Waals surface area contributed by atoms with Gasteiger partial charge in [-0.25, -0.2) is 0 Å². The predicted octanol–water partition coefficient (Wildman–Crippen LogP) is 1.89. The second kappa shape index (κ2) is 4.33. The van der Waals surface area contributed by atoms with Crippen molar-refractivity contribution < 1.29 is 5.11 Å². The number of aliphatic hydroxyl groups is 1. The minimum atomic E-state index is -0.340. The summed E-state index contributed by atoms with van der Waals surface area (Å²) in [6, 6.07) is 0. The van der Waals surface area contributed by atoms with Gasteiger partial charge in [0.25, 0.3) is 0 Å². The molecular formula is C8H14O. The maximum absolute atomic E-state index is 9.07. The van der Waals surface area contributed by atoms with E-state index in [1.165, 1.54) is 0 Å². The molecule has 0 aliphatic carbocycles. The fourth-order valence-electron chi connectivity index (χ4n) is 0.647. The lowest BCUT2D eigenvalue weighted by Gasteiger charge is -2.02. The van der Waals surface area contributed by atoms with Crippen molar-refractivity contribution in [1.29, 1.82) is 0 Å². The number of hydrogen-bond donors (Lipinski definition) is 1. The van der Waals surface area contributed by atoms with Crippen LogP contribution in [0.2, 0.25) is 0 Å². The van der Waals surface area contributed by atoms with Gasteiger partial charge in [0.05, 0.1) is 6.10 Å². The van der Waals surface area contributed by atoms with Crippen molar-refractivity contribution >= 4 is 0 Å². The monoisotopic (exact) mass is 126 g/mol. The molecule has 0 saturated heterocycles. The molecule has 0 spiro atoms. The molecule has 0 saturated carbocycles. The van der Waals surface area contributed by atoms with Gasteiger partial charge in [0.1, 0.15) is 0 Å². The summed E-state index contributed by atoms with van der Waals surface area (Å²) in [4.78, 5) is 0. The summed E-state index contributed by atoms with van der Waals surface area (Å²) < 4.78 is 0. The Morgan fingerprint density at radius 3 is 2.67 bits per heavy atom. The van der Waals surface area contributed by atoms with Gasteiger partial charge < -0.3 is 5.11 Å². The zero-order valence-electron chi connectivity index (χ0n) is 6.09. The van der Waals surface area contributed by atoms with Crippen LogP contribution in [0.25, 0.3) is 0 Å². The van der Waals surface area contributed by atoms with Crippen LogP contribution in [0, 0.1) is 0 Å². The summed E-state index contributed by atoms with van der Waals surface area (Å²) in [6.45, 7) is 7.48. The third-order valence-corrected chi connectivity index (χ3v) is 0.972. The first kappa shape index (κ1) is 8.44. The number of rotatable bonds is 3. The fraction of sp³-hybridized carbons (Fsp3) is 0.500. The van der Waals surface area contributed by atoms with Crippen LogP contribution in [0.1, 0.15) is 20.3 Å². The molecule has 0 rings (SSSR count).